The molecule has 2 aliphatic heterocycles. The predicted octanol–water partition coefficient (Wildman–Crippen LogP) is 2.12. The van der Waals surface area contributed by atoms with Crippen LogP contribution in [0.5, 0.6) is 0 Å². The van der Waals surface area contributed by atoms with E-state index >= 15 is 0 Å². The summed E-state index contributed by atoms with van der Waals surface area (Å²) in [4.78, 5) is 15.4. The number of sulfone groups is 1. The first kappa shape index (κ1) is 17.2. The van der Waals surface area contributed by atoms with Gasteiger partial charge in [-0.15, -0.1) is 0 Å². The molecule has 2 heterocycles. The van der Waals surface area contributed by atoms with Gasteiger partial charge in [-0.25, -0.2) is 8.42 Å². The van der Waals surface area contributed by atoms with Crippen LogP contribution in [0.3, 0.4) is 0 Å². The van der Waals surface area contributed by atoms with Crippen LogP contribution in [-0.4, -0.2) is 45.1 Å². The summed E-state index contributed by atoms with van der Waals surface area (Å²) < 4.78 is 23.7. The average Bonchev–Trinajstić information content (AvgIpc) is 3.22. The van der Waals surface area contributed by atoms with Crippen LogP contribution in [0.15, 0.2) is 59.5 Å². The lowest BCUT2D eigenvalue weighted by atomic mass is 9.89. The zero-order valence-electron chi connectivity index (χ0n) is 14.6. The van der Waals surface area contributed by atoms with Crippen molar-refractivity contribution in [3.63, 3.8) is 0 Å². The normalized spacial score (nSPS) is 25.3. The SMILES string of the molecule is CS(=O)(=O)c1cccc(C(=O)N2C[C@@H]3CNC[C@@H]3[C@@H]2c2ccccc2)c1. The molecule has 2 aromatic carbocycles. The van der Waals surface area contributed by atoms with Crippen molar-refractivity contribution >= 4 is 15.7 Å². The molecular weight excluding hydrogens is 348 g/mol. The lowest BCUT2D eigenvalue weighted by Crippen LogP contribution is -2.34. The molecule has 0 spiro atoms. The molecule has 0 aliphatic carbocycles. The van der Waals surface area contributed by atoms with Gasteiger partial charge in [-0.2, -0.15) is 0 Å². The van der Waals surface area contributed by atoms with Gasteiger partial charge in [0.25, 0.3) is 5.91 Å². The van der Waals surface area contributed by atoms with E-state index in [1.165, 1.54) is 12.1 Å². The van der Waals surface area contributed by atoms with Crippen LogP contribution >= 0.6 is 0 Å². The first-order valence-corrected chi connectivity index (χ1v) is 10.7. The average molecular weight is 370 g/mol. The number of fused-ring (bicyclic) bond motifs is 1. The van der Waals surface area contributed by atoms with E-state index in [0.29, 0.717) is 23.9 Å². The highest BCUT2D eigenvalue weighted by Gasteiger charge is 2.46. The van der Waals surface area contributed by atoms with E-state index in [1.54, 1.807) is 12.1 Å². The molecule has 0 aromatic heterocycles. The Balaban J connectivity index is 1.71. The third kappa shape index (κ3) is 3.04. The summed E-state index contributed by atoms with van der Waals surface area (Å²) in [6, 6.07) is 16.5. The maximum absolute atomic E-state index is 13.3. The largest absolute Gasteiger partial charge is 0.331 e. The fourth-order valence-corrected chi connectivity index (χ4v) is 4.90. The van der Waals surface area contributed by atoms with Crippen LogP contribution in [0.25, 0.3) is 0 Å². The Kier molecular flexibility index (Phi) is 4.32. The van der Waals surface area contributed by atoms with E-state index in [4.69, 9.17) is 0 Å². The second kappa shape index (κ2) is 6.52. The van der Waals surface area contributed by atoms with Crippen molar-refractivity contribution in [2.45, 2.75) is 10.9 Å². The highest BCUT2D eigenvalue weighted by Crippen LogP contribution is 2.43. The Morgan fingerprint density at radius 2 is 1.85 bits per heavy atom. The van der Waals surface area contributed by atoms with Gasteiger partial charge in [-0.3, -0.25) is 4.79 Å². The predicted molar refractivity (Wildman–Crippen MR) is 99.6 cm³/mol. The van der Waals surface area contributed by atoms with E-state index < -0.39 is 9.84 Å². The van der Waals surface area contributed by atoms with Gasteiger partial charge in [-0.05, 0) is 29.7 Å². The molecule has 6 heteroatoms. The molecule has 3 atom stereocenters. The summed E-state index contributed by atoms with van der Waals surface area (Å²) in [5, 5.41) is 3.43. The van der Waals surface area contributed by atoms with Crippen LogP contribution in [0.4, 0.5) is 0 Å². The number of carbonyl (C=O) groups is 1. The number of hydrogen-bond acceptors (Lipinski definition) is 4. The molecule has 26 heavy (non-hydrogen) atoms. The maximum atomic E-state index is 13.3. The molecule has 2 aromatic rings. The Morgan fingerprint density at radius 3 is 2.58 bits per heavy atom. The van der Waals surface area contributed by atoms with Crippen molar-refractivity contribution in [1.29, 1.82) is 0 Å². The fourth-order valence-electron chi connectivity index (χ4n) is 4.23. The summed E-state index contributed by atoms with van der Waals surface area (Å²) >= 11 is 0. The van der Waals surface area contributed by atoms with Crippen LogP contribution < -0.4 is 5.32 Å². The highest BCUT2D eigenvalue weighted by atomic mass is 32.2. The molecule has 0 radical (unpaired) electrons. The number of rotatable bonds is 3. The number of likely N-dealkylation sites (tertiary alicyclic amines) is 1. The third-order valence-corrected chi connectivity index (χ3v) is 6.59. The molecule has 2 aliphatic rings. The Bertz CT molecular complexity index is 927. The summed E-state index contributed by atoms with van der Waals surface area (Å²) in [7, 11) is -3.34. The number of nitrogens with one attached hydrogen (secondary N) is 1. The quantitative estimate of drug-likeness (QED) is 0.899. The van der Waals surface area contributed by atoms with Gasteiger partial charge < -0.3 is 10.2 Å². The molecule has 136 valence electrons. The lowest BCUT2D eigenvalue weighted by molar-refractivity contribution is 0.0714. The van der Waals surface area contributed by atoms with E-state index in [-0.39, 0.29) is 16.8 Å². The van der Waals surface area contributed by atoms with Crippen molar-refractivity contribution in [3.05, 3.63) is 65.7 Å². The minimum Gasteiger partial charge on any atom is -0.331 e. The maximum Gasteiger partial charge on any atom is 0.254 e. The van der Waals surface area contributed by atoms with Crippen LogP contribution in [0, 0.1) is 11.8 Å². The van der Waals surface area contributed by atoms with E-state index in [2.05, 4.69) is 17.4 Å². The van der Waals surface area contributed by atoms with E-state index in [0.717, 1.165) is 24.9 Å². The molecule has 5 nitrogen and oxygen atoms in total. The zero-order valence-corrected chi connectivity index (χ0v) is 15.4. The van der Waals surface area contributed by atoms with Crippen LogP contribution in [-0.2, 0) is 9.84 Å². The molecule has 2 saturated heterocycles. The van der Waals surface area contributed by atoms with Crippen molar-refractivity contribution in [2.75, 3.05) is 25.9 Å². The highest BCUT2D eigenvalue weighted by molar-refractivity contribution is 7.90. The Morgan fingerprint density at radius 1 is 1.08 bits per heavy atom. The van der Waals surface area contributed by atoms with Crippen LogP contribution in [0.2, 0.25) is 0 Å². The fraction of sp³-hybridized carbons (Fsp3) is 0.350. The summed E-state index contributed by atoms with van der Waals surface area (Å²) in [6.07, 6.45) is 1.16. The van der Waals surface area contributed by atoms with Crippen LogP contribution in [0.1, 0.15) is 22.0 Å². The van der Waals surface area contributed by atoms with Gasteiger partial charge in [0.2, 0.25) is 0 Å². The smallest absolute Gasteiger partial charge is 0.254 e. The first-order valence-electron chi connectivity index (χ1n) is 8.82. The summed E-state index contributed by atoms with van der Waals surface area (Å²) in [5.41, 5.74) is 1.57. The van der Waals surface area contributed by atoms with E-state index in [1.807, 2.05) is 23.1 Å². The molecule has 1 N–H and O–H groups in total. The number of nitrogens with zero attached hydrogens (tertiary/aromatic N) is 1. The molecule has 4 rings (SSSR count). The van der Waals surface area contributed by atoms with Gasteiger partial charge in [0.1, 0.15) is 0 Å². The van der Waals surface area contributed by atoms with Gasteiger partial charge in [0.15, 0.2) is 9.84 Å². The molecule has 1 amide bonds. The van der Waals surface area contributed by atoms with Gasteiger partial charge in [0.05, 0.1) is 10.9 Å². The summed E-state index contributed by atoms with van der Waals surface area (Å²) in [5.74, 6) is 0.723. The van der Waals surface area contributed by atoms with Gasteiger partial charge >= 0.3 is 0 Å². The molecular formula is C20H22N2O3S. The second-order valence-corrected chi connectivity index (χ2v) is 9.21. The topological polar surface area (TPSA) is 66.5 Å². The lowest BCUT2D eigenvalue weighted by Gasteiger charge is -2.28. The molecule has 2 fully saturated rings. The second-order valence-electron chi connectivity index (χ2n) is 7.20. The van der Waals surface area contributed by atoms with Gasteiger partial charge in [-0.1, -0.05) is 36.4 Å². The van der Waals surface area contributed by atoms with Gasteiger partial charge in [0, 0.05) is 37.4 Å². The summed E-state index contributed by atoms with van der Waals surface area (Å²) in [6.45, 7) is 2.51. The minimum absolute atomic E-state index is 0.0191. The van der Waals surface area contributed by atoms with E-state index in [9.17, 15) is 13.2 Å². The first-order chi connectivity index (χ1) is 12.4. The third-order valence-electron chi connectivity index (χ3n) is 5.48. The Labute approximate surface area is 153 Å². The minimum atomic E-state index is -3.34. The van der Waals surface area contributed by atoms with Crippen molar-refractivity contribution in [2.24, 2.45) is 11.8 Å². The Hall–Kier alpha value is -2.18. The van der Waals surface area contributed by atoms with Crippen molar-refractivity contribution in [1.82, 2.24) is 10.2 Å². The monoisotopic (exact) mass is 370 g/mol. The van der Waals surface area contributed by atoms with Crippen molar-refractivity contribution in [3.8, 4) is 0 Å². The number of hydrogen-bond donors (Lipinski definition) is 1. The zero-order chi connectivity index (χ0) is 18.3. The number of benzene rings is 2. The standard InChI is InChI=1S/C20H22N2O3S/c1-26(24,25)17-9-5-8-15(10-17)20(23)22-13-16-11-21-12-18(16)19(22)14-6-3-2-4-7-14/h2-10,16,18-19,21H,11-13H2,1H3/t16-,18-,19-/m0/s1. The molecule has 0 unspecified atom stereocenters. The molecule has 0 saturated carbocycles. The molecule has 0 bridgehead atoms. The van der Waals surface area contributed by atoms with Crippen molar-refractivity contribution < 1.29 is 13.2 Å². The number of amides is 1. The number of carbonyl (C=O) groups excluding carboxylic acids is 1.